The van der Waals surface area contributed by atoms with Crippen molar-refractivity contribution in [3.63, 3.8) is 0 Å². The van der Waals surface area contributed by atoms with E-state index in [-0.39, 0.29) is 12.1 Å². The Morgan fingerprint density at radius 2 is 2.08 bits per heavy atom. The summed E-state index contributed by atoms with van der Waals surface area (Å²) in [5, 5.41) is 16.4. The van der Waals surface area contributed by atoms with Crippen LogP contribution in [0.2, 0.25) is 0 Å². The number of urea groups is 1. The fourth-order valence-electron chi connectivity index (χ4n) is 2.39. The highest BCUT2D eigenvalue weighted by Crippen LogP contribution is 2.21. The molecule has 1 aromatic carbocycles. The molecule has 2 amide bonds. The van der Waals surface area contributed by atoms with Gasteiger partial charge in [-0.1, -0.05) is 35.5 Å². The standard InChI is InChI=1S/C17H19N5O2/c1-11(8-14-9-12(2)20-21-14)18-17(23)19-16-10-15(24-22-16)13-6-4-3-5-7-13/h3-7,9-11H,8H2,1-2H3,(H,20,21)(H2,18,19,22,23). The zero-order chi connectivity index (χ0) is 16.9. The van der Waals surface area contributed by atoms with E-state index in [1.54, 1.807) is 6.07 Å². The second kappa shape index (κ2) is 6.99. The Balaban J connectivity index is 1.54. The molecule has 1 unspecified atom stereocenters. The highest BCUT2D eigenvalue weighted by Gasteiger charge is 2.12. The predicted octanol–water partition coefficient (Wildman–Crippen LogP) is 3.13. The zero-order valence-corrected chi connectivity index (χ0v) is 13.5. The van der Waals surface area contributed by atoms with Gasteiger partial charge in [-0.2, -0.15) is 5.10 Å². The van der Waals surface area contributed by atoms with E-state index in [9.17, 15) is 4.79 Å². The molecule has 0 radical (unpaired) electrons. The molecule has 3 aromatic rings. The summed E-state index contributed by atoms with van der Waals surface area (Å²) >= 11 is 0. The van der Waals surface area contributed by atoms with Crippen LogP contribution in [0.5, 0.6) is 0 Å². The molecule has 0 fully saturated rings. The highest BCUT2D eigenvalue weighted by atomic mass is 16.5. The van der Waals surface area contributed by atoms with Crippen molar-refractivity contribution in [3.8, 4) is 11.3 Å². The lowest BCUT2D eigenvalue weighted by molar-refractivity contribution is 0.249. The minimum absolute atomic E-state index is 0.0619. The Labute approximate surface area is 139 Å². The third-order valence-corrected chi connectivity index (χ3v) is 3.46. The van der Waals surface area contributed by atoms with Gasteiger partial charge in [0.15, 0.2) is 11.6 Å². The topological polar surface area (TPSA) is 95.8 Å². The third kappa shape index (κ3) is 4.01. The number of nitrogens with one attached hydrogen (secondary N) is 3. The lowest BCUT2D eigenvalue weighted by Crippen LogP contribution is -2.37. The molecule has 3 N–H and O–H groups in total. The van der Waals surface area contributed by atoms with Gasteiger partial charge in [-0.05, 0) is 19.9 Å². The van der Waals surface area contributed by atoms with Gasteiger partial charge in [0.2, 0.25) is 0 Å². The molecule has 0 aliphatic heterocycles. The summed E-state index contributed by atoms with van der Waals surface area (Å²) in [6.07, 6.45) is 0.645. The van der Waals surface area contributed by atoms with Crippen molar-refractivity contribution >= 4 is 11.8 Å². The van der Waals surface area contributed by atoms with Crippen molar-refractivity contribution in [1.29, 1.82) is 0 Å². The third-order valence-electron chi connectivity index (χ3n) is 3.46. The average Bonchev–Trinajstić information content (AvgIpc) is 3.17. The van der Waals surface area contributed by atoms with Gasteiger partial charge in [0, 0.05) is 29.8 Å². The van der Waals surface area contributed by atoms with E-state index in [4.69, 9.17) is 4.52 Å². The Morgan fingerprint density at radius 3 is 2.79 bits per heavy atom. The number of hydrogen-bond donors (Lipinski definition) is 3. The number of carbonyl (C=O) groups is 1. The van der Waals surface area contributed by atoms with Crippen molar-refractivity contribution in [3.05, 3.63) is 53.9 Å². The Bertz CT molecular complexity index is 809. The van der Waals surface area contributed by atoms with E-state index >= 15 is 0 Å². The average molecular weight is 325 g/mol. The maximum absolute atomic E-state index is 12.0. The van der Waals surface area contributed by atoms with Crippen LogP contribution < -0.4 is 10.6 Å². The van der Waals surface area contributed by atoms with Crippen LogP contribution in [0.4, 0.5) is 10.6 Å². The normalized spacial score (nSPS) is 11.9. The number of aromatic nitrogens is 3. The van der Waals surface area contributed by atoms with Crippen molar-refractivity contribution in [1.82, 2.24) is 20.7 Å². The largest absolute Gasteiger partial charge is 0.354 e. The molecule has 2 aromatic heterocycles. The van der Waals surface area contributed by atoms with E-state index in [1.165, 1.54) is 0 Å². The molecule has 7 nitrogen and oxygen atoms in total. The molecule has 3 rings (SSSR count). The van der Waals surface area contributed by atoms with Gasteiger partial charge in [0.25, 0.3) is 0 Å². The van der Waals surface area contributed by atoms with Crippen LogP contribution in [0.3, 0.4) is 0 Å². The van der Waals surface area contributed by atoms with Crippen LogP contribution >= 0.6 is 0 Å². The number of benzene rings is 1. The van der Waals surface area contributed by atoms with Crippen LogP contribution in [-0.4, -0.2) is 27.4 Å². The predicted molar refractivity (Wildman–Crippen MR) is 90.6 cm³/mol. The number of hydrogen-bond acceptors (Lipinski definition) is 4. The molecule has 0 saturated carbocycles. The second-order valence-corrected chi connectivity index (χ2v) is 5.69. The molecule has 1 atom stereocenters. The maximum atomic E-state index is 12.0. The lowest BCUT2D eigenvalue weighted by atomic mass is 10.2. The maximum Gasteiger partial charge on any atom is 0.320 e. The van der Waals surface area contributed by atoms with Gasteiger partial charge < -0.3 is 9.84 Å². The number of carbonyl (C=O) groups excluding carboxylic acids is 1. The smallest absolute Gasteiger partial charge is 0.320 e. The van der Waals surface area contributed by atoms with Crippen LogP contribution in [0.15, 0.2) is 47.0 Å². The molecule has 0 saturated heterocycles. The monoisotopic (exact) mass is 325 g/mol. The summed E-state index contributed by atoms with van der Waals surface area (Å²) in [5.74, 6) is 0.972. The fraction of sp³-hybridized carbons (Fsp3) is 0.235. The molecule has 0 aliphatic carbocycles. The summed E-state index contributed by atoms with van der Waals surface area (Å²) in [6, 6.07) is 12.8. The number of nitrogens with zero attached hydrogens (tertiary/aromatic N) is 2. The molecule has 7 heteroatoms. The molecule has 0 aliphatic rings. The lowest BCUT2D eigenvalue weighted by Gasteiger charge is -2.12. The molecule has 124 valence electrons. The van der Waals surface area contributed by atoms with Gasteiger partial charge in [-0.25, -0.2) is 4.79 Å². The first kappa shape index (κ1) is 15.8. The number of rotatable bonds is 5. The molecule has 0 bridgehead atoms. The number of aryl methyl sites for hydroxylation is 1. The summed E-state index contributed by atoms with van der Waals surface area (Å²) in [5.41, 5.74) is 2.81. The van der Waals surface area contributed by atoms with Crippen LogP contribution in [-0.2, 0) is 6.42 Å². The molecule has 2 heterocycles. The molecule has 24 heavy (non-hydrogen) atoms. The Morgan fingerprint density at radius 1 is 1.29 bits per heavy atom. The van der Waals surface area contributed by atoms with Gasteiger partial charge in [0.1, 0.15) is 0 Å². The van der Waals surface area contributed by atoms with Crippen molar-refractivity contribution in [2.24, 2.45) is 0 Å². The van der Waals surface area contributed by atoms with Crippen molar-refractivity contribution in [2.45, 2.75) is 26.3 Å². The van der Waals surface area contributed by atoms with E-state index < -0.39 is 0 Å². The Hall–Kier alpha value is -3.09. The van der Waals surface area contributed by atoms with Gasteiger partial charge in [0.05, 0.1) is 5.69 Å². The zero-order valence-electron chi connectivity index (χ0n) is 13.5. The first-order chi connectivity index (χ1) is 11.6. The van der Waals surface area contributed by atoms with E-state index in [1.807, 2.05) is 50.2 Å². The van der Waals surface area contributed by atoms with Crippen LogP contribution in [0.25, 0.3) is 11.3 Å². The molecular weight excluding hydrogens is 306 g/mol. The first-order valence-electron chi connectivity index (χ1n) is 7.70. The van der Waals surface area contributed by atoms with Crippen LogP contribution in [0.1, 0.15) is 18.3 Å². The van der Waals surface area contributed by atoms with Gasteiger partial charge >= 0.3 is 6.03 Å². The minimum Gasteiger partial charge on any atom is -0.354 e. The van der Waals surface area contributed by atoms with Crippen molar-refractivity contribution < 1.29 is 9.32 Å². The van der Waals surface area contributed by atoms with E-state index in [2.05, 4.69) is 26.0 Å². The Kier molecular flexibility index (Phi) is 4.60. The van der Waals surface area contributed by atoms with Gasteiger partial charge in [-0.3, -0.25) is 10.4 Å². The van der Waals surface area contributed by atoms with Gasteiger partial charge in [-0.15, -0.1) is 0 Å². The highest BCUT2D eigenvalue weighted by molar-refractivity contribution is 5.88. The summed E-state index contributed by atoms with van der Waals surface area (Å²) in [6.45, 7) is 3.86. The number of amides is 2. The van der Waals surface area contributed by atoms with Crippen LogP contribution in [0, 0.1) is 6.92 Å². The van der Waals surface area contributed by atoms with E-state index in [0.29, 0.717) is 18.0 Å². The SMILES string of the molecule is Cc1cc(CC(C)NC(=O)Nc2cc(-c3ccccc3)on2)n[nH]1. The molecule has 0 spiro atoms. The fourth-order valence-corrected chi connectivity index (χ4v) is 2.39. The quantitative estimate of drug-likeness (QED) is 0.671. The summed E-state index contributed by atoms with van der Waals surface area (Å²) < 4.78 is 5.25. The number of anilines is 1. The first-order valence-corrected chi connectivity index (χ1v) is 7.70. The van der Waals surface area contributed by atoms with E-state index in [0.717, 1.165) is 17.0 Å². The van der Waals surface area contributed by atoms with Crippen molar-refractivity contribution in [2.75, 3.05) is 5.32 Å². The number of aromatic amines is 1. The second-order valence-electron chi connectivity index (χ2n) is 5.69. The minimum atomic E-state index is -0.331. The summed E-state index contributed by atoms with van der Waals surface area (Å²) in [7, 11) is 0. The summed E-state index contributed by atoms with van der Waals surface area (Å²) in [4.78, 5) is 12.0. The molecular formula is C17H19N5O2. The number of H-pyrrole nitrogens is 1.